The first-order valence-electron chi connectivity index (χ1n) is 22.0. The van der Waals surface area contributed by atoms with E-state index in [0.717, 1.165) is 83.5 Å². The van der Waals surface area contributed by atoms with E-state index in [1.807, 2.05) is 36.5 Å². The highest BCUT2D eigenvalue weighted by Crippen LogP contribution is 2.14. The highest BCUT2D eigenvalue weighted by molar-refractivity contribution is 5.71. The molecule has 0 heterocycles. The molecule has 0 saturated carbocycles. The molecule has 0 aromatic heterocycles. The molecule has 0 radical (unpaired) electrons. The van der Waals surface area contributed by atoms with E-state index in [9.17, 15) is 14.4 Å². The Labute approximate surface area is 332 Å². The van der Waals surface area contributed by atoms with Gasteiger partial charge in [-0.15, -0.1) is 0 Å². The largest absolute Gasteiger partial charge is 0.462 e. The van der Waals surface area contributed by atoms with Gasteiger partial charge in [0, 0.05) is 19.3 Å². The summed E-state index contributed by atoms with van der Waals surface area (Å²) in [6.07, 6.45) is 51.7. The Kier molecular flexibility index (Phi) is 40.1. The van der Waals surface area contributed by atoms with E-state index < -0.39 is 6.10 Å². The van der Waals surface area contributed by atoms with Gasteiger partial charge in [-0.2, -0.15) is 0 Å². The third kappa shape index (κ3) is 40.0. The van der Waals surface area contributed by atoms with Crippen molar-refractivity contribution in [1.29, 1.82) is 0 Å². The summed E-state index contributed by atoms with van der Waals surface area (Å²) in [5, 5.41) is 0. The van der Waals surface area contributed by atoms with E-state index in [-0.39, 0.29) is 31.1 Å². The molecule has 0 N–H and O–H groups in total. The molecule has 6 heteroatoms. The van der Waals surface area contributed by atoms with Crippen LogP contribution in [0.2, 0.25) is 0 Å². The zero-order valence-corrected chi connectivity index (χ0v) is 35.0. The third-order valence-corrected chi connectivity index (χ3v) is 9.07. The quantitative estimate of drug-likeness (QED) is 0.0270. The maximum absolute atomic E-state index is 12.7. The molecule has 0 amide bonds. The molecule has 1 atom stereocenters. The predicted molar refractivity (Wildman–Crippen MR) is 228 cm³/mol. The molecular weight excluding hydrogens is 673 g/mol. The van der Waals surface area contributed by atoms with Gasteiger partial charge in [0.05, 0.1) is 0 Å². The fourth-order valence-corrected chi connectivity index (χ4v) is 5.72. The number of rotatable bonds is 38. The molecule has 0 rings (SSSR count). The lowest BCUT2D eigenvalue weighted by Gasteiger charge is -2.18. The van der Waals surface area contributed by atoms with E-state index >= 15 is 0 Å². The Bertz CT molecular complexity index is 1050. The molecule has 308 valence electrons. The lowest BCUT2D eigenvalue weighted by Crippen LogP contribution is -2.30. The lowest BCUT2D eigenvalue weighted by atomic mass is 10.0. The summed E-state index contributed by atoms with van der Waals surface area (Å²) in [7, 11) is 0. The Balaban J connectivity index is 4.49. The van der Waals surface area contributed by atoms with Crippen LogP contribution in [0.25, 0.3) is 0 Å². The monoisotopic (exact) mass is 753 g/mol. The van der Waals surface area contributed by atoms with Gasteiger partial charge in [0.2, 0.25) is 0 Å². The number of hydrogen-bond acceptors (Lipinski definition) is 6. The number of carbonyl (C=O) groups is 3. The molecule has 0 aliphatic heterocycles. The Morgan fingerprint density at radius 1 is 0.389 bits per heavy atom. The molecule has 0 aromatic carbocycles. The molecule has 54 heavy (non-hydrogen) atoms. The van der Waals surface area contributed by atoms with Gasteiger partial charge in [0.1, 0.15) is 13.2 Å². The lowest BCUT2D eigenvalue weighted by molar-refractivity contribution is -0.167. The van der Waals surface area contributed by atoms with Crippen molar-refractivity contribution in [2.24, 2.45) is 0 Å². The fraction of sp³-hybridized carbons (Fsp3) is 0.688. The highest BCUT2D eigenvalue weighted by Gasteiger charge is 2.19. The van der Waals surface area contributed by atoms with Crippen LogP contribution in [-0.2, 0) is 28.6 Å². The molecule has 0 aliphatic rings. The molecule has 0 fully saturated rings. The summed E-state index contributed by atoms with van der Waals surface area (Å²) in [6.45, 7) is 6.36. The summed E-state index contributed by atoms with van der Waals surface area (Å²) < 4.78 is 16.6. The van der Waals surface area contributed by atoms with Crippen LogP contribution in [0.3, 0.4) is 0 Å². The highest BCUT2D eigenvalue weighted by atomic mass is 16.6. The Morgan fingerprint density at radius 2 is 0.741 bits per heavy atom. The minimum atomic E-state index is -0.797. The van der Waals surface area contributed by atoms with Crippen LogP contribution >= 0.6 is 0 Å². The normalized spacial score (nSPS) is 12.7. The Hall–Kier alpha value is -3.15. The zero-order chi connectivity index (χ0) is 39.4. The Morgan fingerprint density at radius 3 is 1.20 bits per heavy atom. The smallest absolute Gasteiger partial charge is 0.306 e. The van der Waals surface area contributed by atoms with E-state index in [2.05, 4.69) is 57.2 Å². The minimum absolute atomic E-state index is 0.102. The van der Waals surface area contributed by atoms with Crippen molar-refractivity contribution in [3.63, 3.8) is 0 Å². The summed E-state index contributed by atoms with van der Waals surface area (Å²) in [4.78, 5) is 37.6. The topological polar surface area (TPSA) is 78.9 Å². The molecule has 1 unspecified atom stereocenters. The minimum Gasteiger partial charge on any atom is -0.462 e. The van der Waals surface area contributed by atoms with Crippen LogP contribution in [0, 0.1) is 0 Å². The number of ether oxygens (including phenoxy) is 3. The first-order valence-corrected chi connectivity index (χ1v) is 22.0. The second kappa shape index (κ2) is 42.6. The van der Waals surface area contributed by atoms with Crippen molar-refractivity contribution in [1.82, 2.24) is 0 Å². The first-order chi connectivity index (χ1) is 26.5. The van der Waals surface area contributed by atoms with E-state index in [0.29, 0.717) is 19.3 Å². The van der Waals surface area contributed by atoms with Crippen LogP contribution < -0.4 is 0 Å². The zero-order valence-electron chi connectivity index (χ0n) is 35.0. The van der Waals surface area contributed by atoms with Crippen molar-refractivity contribution in [2.45, 2.75) is 200 Å². The third-order valence-electron chi connectivity index (χ3n) is 9.07. The van der Waals surface area contributed by atoms with Gasteiger partial charge >= 0.3 is 17.9 Å². The first kappa shape index (κ1) is 50.9. The van der Waals surface area contributed by atoms with Gasteiger partial charge in [-0.25, -0.2) is 0 Å². The summed E-state index contributed by atoms with van der Waals surface area (Å²) in [5.74, 6) is -0.973. The SMILES string of the molecule is CC\C=C/C=C\C=C/C=C\CCCCCC(=O)OCC(COC(=O)CCCCC/C=C\C=C/CCCC)OC(=O)CCCCCCCCCCCCCC. The molecule has 0 saturated heterocycles. The summed E-state index contributed by atoms with van der Waals surface area (Å²) >= 11 is 0. The van der Waals surface area contributed by atoms with Crippen molar-refractivity contribution in [3.05, 3.63) is 72.9 Å². The van der Waals surface area contributed by atoms with Gasteiger partial charge in [-0.05, 0) is 57.8 Å². The molecular formula is C48H80O6. The number of unbranched alkanes of at least 4 members (excludes halogenated alkanes) is 19. The van der Waals surface area contributed by atoms with Gasteiger partial charge in [-0.1, -0.05) is 190 Å². The van der Waals surface area contributed by atoms with Gasteiger partial charge in [-0.3, -0.25) is 14.4 Å². The molecule has 0 bridgehead atoms. The van der Waals surface area contributed by atoms with Crippen molar-refractivity contribution in [2.75, 3.05) is 13.2 Å². The molecule has 0 spiro atoms. The van der Waals surface area contributed by atoms with E-state index in [4.69, 9.17) is 14.2 Å². The number of carbonyl (C=O) groups excluding carboxylic acids is 3. The van der Waals surface area contributed by atoms with Crippen molar-refractivity contribution >= 4 is 17.9 Å². The van der Waals surface area contributed by atoms with Crippen molar-refractivity contribution < 1.29 is 28.6 Å². The maximum Gasteiger partial charge on any atom is 0.306 e. The average molecular weight is 753 g/mol. The second-order valence-corrected chi connectivity index (χ2v) is 14.3. The standard InChI is InChI=1S/C48H80O6/c1-4-7-10-13-16-19-22-24-27-29-32-35-38-41-47(50)53-44-45(43-52-46(49)40-37-34-31-28-25-21-18-15-12-9-6-3)54-48(51)42-39-36-33-30-26-23-20-17-14-11-8-5-2/h7,10,13,15-16,18-19,21-22,24-25,27,45H,4-6,8-9,11-12,14,17,20,23,26,28-44H2,1-3H3/b10-7-,16-13-,18-15-,22-19-,25-21-,27-24-. The second-order valence-electron chi connectivity index (χ2n) is 14.3. The average Bonchev–Trinajstić information content (AvgIpc) is 3.17. The van der Waals surface area contributed by atoms with Crippen LogP contribution in [0.1, 0.15) is 194 Å². The van der Waals surface area contributed by atoms with Gasteiger partial charge in [0.25, 0.3) is 0 Å². The predicted octanol–water partition coefficient (Wildman–Crippen LogP) is 13.9. The van der Waals surface area contributed by atoms with Crippen LogP contribution in [0.4, 0.5) is 0 Å². The van der Waals surface area contributed by atoms with Gasteiger partial charge < -0.3 is 14.2 Å². The van der Waals surface area contributed by atoms with Crippen molar-refractivity contribution in [3.8, 4) is 0 Å². The van der Waals surface area contributed by atoms with Crippen LogP contribution in [0.15, 0.2) is 72.9 Å². The molecule has 0 aromatic rings. The fourth-order valence-electron chi connectivity index (χ4n) is 5.72. The maximum atomic E-state index is 12.7. The number of allylic oxidation sites excluding steroid dienone is 12. The van der Waals surface area contributed by atoms with Crippen LogP contribution in [-0.4, -0.2) is 37.2 Å². The molecule has 6 nitrogen and oxygen atoms in total. The van der Waals surface area contributed by atoms with Crippen LogP contribution in [0.5, 0.6) is 0 Å². The summed E-state index contributed by atoms with van der Waals surface area (Å²) in [5.41, 5.74) is 0. The van der Waals surface area contributed by atoms with Gasteiger partial charge in [0.15, 0.2) is 6.10 Å². The van der Waals surface area contributed by atoms with E-state index in [1.54, 1.807) is 0 Å². The number of esters is 3. The number of hydrogen-bond donors (Lipinski definition) is 0. The van der Waals surface area contributed by atoms with E-state index in [1.165, 1.54) is 70.6 Å². The summed E-state index contributed by atoms with van der Waals surface area (Å²) in [6, 6.07) is 0. The molecule has 0 aliphatic carbocycles.